The van der Waals surface area contributed by atoms with E-state index in [-0.39, 0.29) is 30.2 Å². The minimum Gasteiger partial charge on any atom is -0.493 e. The van der Waals surface area contributed by atoms with Gasteiger partial charge in [0, 0.05) is 24.2 Å². The lowest BCUT2D eigenvalue weighted by atomic mass is 9.97. The molecule has 7 heteroatoms. The van der Waals surface area contributed by atoms with Crippen LogP contribution >= 0.6 is 11.3 Å². The average molecular weight is 416 g/mol. The largest absolute Gasteiger partial charge is 0.493 e. The highest BCUT2D eigenvalue weighted by Gasteiger charge is 2.29. The molecule has 0 atom stereocenters. The van der Waals surface area contributed by atoms with Gasteiger partial charge in [0.1, 0.15) is 12.4 Å². The molecule has 0 radical (unpaired) electrons. The van der Waals surface area contributed by atoms with E-state index in [0.717, 1.165) is 4.88 Å². The Hall–Kier alpha value is -2.67. The summed E-state index contributed by atoms with van der Waals surface area (Å²) in [5.41, 5.74) is 1.23. The normalized spacial score (nSPS) is 14.5. The van der Waals surface area contributed by atoms with Gasteiger partial charge in [-0.3, -0.25) is 14.4 Å². The van der Waals surface area contributed by atoms with Crippen LogP contribution in [-0.2, 0) is 16.1 Å². The third kappa shape index (κ3) is 5.23. The molecule has 1 saturated heterocycles. The number of thiophene rings is 1. The molecule has 1 aromatic carbocycles. The van der Waals surface area contributed by atoms with Crippen LogP contribution in [0.4, 0.5) is 0 Å². The van der Waals surface area contributed by atoms with E-state index >= 15 is 0 Å². The molecule has 1 fully saturated rings. The fraction of sp³-hybridized carbons (Fsp3) is 0.409. The number of amides is 1. The van der Waals surface area contributed by atoms with Crippen molar-refractivity contribution in [2.24, 2.45) is 5.92 Å². The topological polar surface area (TPSA) is 72.9 Å². The van der Waals surface area contributed by atoms with Crippen molar-refractivity contribution in [1.82, 2.24) is 4.90 Å². The van der Waals surface area contributed by atoms with Gasteiger partial charge < -0.3 is 14.4 Å². The zero-order valence-corrected chi connectivity index (χ0v) is 17.5. The van der Waals surface area contributed by atoms with Crippen molar-refractivity contribution in [3.63, 3.8) is 0 Å². The molecular formula is C22H25NO5S. The fourth-order valence-corrected chi connectivity index (χ4v) is 4.04. The number of hydrogen-bond donors (Lipinski definition) is 0. The van der Waals surface area contributed by atoms with Crippen molar-refractivity contribution in [2.75, 3.05) is 19.7 Å². The highest BCUT2D eigenvalue weighted by molar-refractivity contribution is 7.12. The number of carbonyl (C=O) groups excluding carboxylic acids is 3. The molecule has 3 rings (SSSR count). The summed E-state index contributed by atoms with van der Waals surface area (Å²) in [6, 6.07) is 8.83. The minimum absolute atomic E-state index is 0.0224. The van der Waals surface area contributed by atoms with Crippen LogP contribution in [0.3, 0.4) is 0 Å². The van der Waals surface area contributed by atoms with Gasteiger partial charge in [-0.05, 0) is 56.3 Å². The van der Waals surface area contributed by atoms with Gasteiger partial charge in [0.25, 0.3) is 5.91 Å². The van der Waals surface area contributed by atoms with Crippen LogP contribution in [0.2, 0.25) is 0 Å². The van der Waals surface area contributed by atoms with Crippen LogP contribution in [0.25, 0.3) is 0 Å². The van der Waals surface area contributed by atoms with Crippen LogP contribution in [0.1, 0.15) is 52.3 Å². The second-order valence-electron chi connectivity index (χ2n) is 6.96. The van der Waals surface area contributed by atoms with E-state index in [1.807, 2.05) is 24.4 Å². The minimum atomic E-state index is -0.274. The summed E-state index contributed by atoms with van der Waals surface area (Å²) in [6.07, 6.45) is 1.17. The summed E-state index contributed by atoms with van der Waals surface area (Å²) in [4.78, 5) is 39.1. The summed E-state index contributed by atoms with van der Waals surface area (Å²) in [7, 11) is 0. The van der Waals surface area contributed by atoms with Gasteiger partial charge in [-0.15, -0.1) is 11.3 Å². The maximum atomic E-state index is 12.5. The first kappa shape index (κ1) is 21.0. The molecule has 2 heterocycles. The van der Waals surface area contributed by atoms with Crippen molar-refractivity contribution in [3.8, 4) is 5.75 Å². The number of piperidine rings is 1. The van der Waals surface area contributed by atoms with Gasteiger partial charge in [-0.1, -0.05) is 6.07 Å². The number of hydrogen-bond acceptors (Lipinski definition) is 6. The number of rotatable bonds is 7. The summed E-state index contributed by atoms with van der Waals surface area (Å²) in [5, 5.41) is 1.88. The van der Waals surface area contributed by atoms with E-state index in [0.29, 0.717) is 49.4 Å². The number of Topliss-reactive ketones (excluding diaryl/α,β-unsaturated/α-hetero) is 1. The predicted octanol–water partition coefficient (Wildman–Crippen LogP) is 3.95. The van der Waals surface area contributed by atoms with Crippen molar-refractivity contribution < 1.29 is 23.9 Å². The molecule has 1 aliphatic rings. The Balaban J connectivity index is 1.56. The van der Waals surface area contributed by atoms with Crippen molar-refractivity contribution in [2.45, 2.75) is 33.3 Å². The molecular weight excluding hydrogens is 390 g/mol. The molecule has 2 aromatic rings. The molecule has 1 amide bonds. The van der Waals surface area contributed by atoms with Gasteiger partial charge in [0.05, 0.1) is 17.4 Å². The summed E-state index contributed by atoms with van der Waals surface area (Å²) in [5.74, 6) is 0.0807. The Morgan fingerprint density at radius 2 is 1.93 bits per heavy atom. The molecule has 0 aliphatic carbocycles. The van der Waals surface area contributed by atoms with E-state index in [1.165, 1.54) is 18.3 Å². The monoisotopic (exact) mass is 415 g/mol. The first-order chi connectivity index (χ1) is 14.0. The number of benzene rings is 1. The molecule has 0 spiro atoms. The zero-order valence-electron chi connectivity index (χ0n) is 16.7. The average Bonchev–Trinajstić information content (AvgIpc) is 3.27. The van der Waals surface area contributed by atoms with Crippen LogP contribution in [-0.4, -0.2) is 42.3 Å². The van der Waals surface area contributed by atoms with Gasteiger partial charge >= 0.3 is 5.97 Å². The Labute approximate surface area is 174 Å². The summed E-state index contributed by atoms with van der Waals surface area (Å²) < 4.78 is 11.1. The lowest BCUT2D eigenvalue weighted by Gasteiger charge is -2.30. The van der Waals surface area contributed by atoms with E-state index in [4.69, 9.17) is 9.47 Å². The Kier molecular flexibility index (Phi) is 7.04. The number of ether oxygens (including phenoxy) is 2. The molecule has 29 heavy (non-hydrogen) atoms. The molecule has 0 N–H and O–H groups in total. The molecule has 0 saturated carbocycles. The molecule has 0 unspecified atom stereocenters. The lowest BCUT2D eigenvalue weighted by Crippen LogP contribution is -2.40. The summed E-state index contributed by atoms with van der Waals surface area (Å²) in [6.45, 7) is 5.00. The van der Waals surface area contributed by atoms with Gasteiger partial charge in [-0.25, -0.2) is 0 Å². The Morgan fingerprint density at radius 3 is 2.55 bits per heavy atom. The van der Waals surface area contributed by atoms with Gasteiger partial charge in [0.15, 0.2) is 5.78 Å². The van der Waals surface area contributed by atoms with Crippen LogP contribution < -0.4 is 4.74 Å². The van der Waals surface area contributed by atoms with E-state index in [9.17, 15) is 14.4 Å². The van der Waals surface area contributed by atoms with Crippen LogP contribution in [0.15, 0.2) is 35.7 Å². The van der Waals surface area contributed by atoms with Crippen LogP contribution in [0, 0.1) is 5.92 Å². The van der Waals surface area contributed by atoms with Gasteiger partial charge in [0.2, 0.25) is 0 Å². The number of nitrogens with zero attached hydrogens (tertiary/aromatic N) is 1. The van der Waals surface area contributed by atoms with E-state index in [2.05, 4.69) is 0 Å². The first-order valence-corrected chi connectivity index (χ1v) is 10.6. The van der Waals surface area contributed by atoms with Crippen molar-refractivity contribution in [3.05, 3.63) is 51.7 Å². The predicted molar refractivity (Wildman–Crippen MR) is 110 cm³/mol. The number of carbonyl (C=O) groups is 3. The standard InChI is InChI=1S/C22H25NO5S/c1-3-27-19-7-6-17(15(2)24)13-18(19)14-28-22(26)16-8-10-23(11-9-16)21(25)20-5-4-12-29-20/h4-7,12-13,16H,3,8-11,14H2,1-2H3. The number of ketones is 1. The van der Waals surface area contributed by atoms with Gasteiger partial charge in [-0.2, -0.15) is 0 Å². The maximum Gasteiger partial charge on any atom is 0.309 e. The second kappa shape index (κ2) is 9.69. The zero-order chi connectivity index (χ0) is 20.8. The highest BCUT2D eigenvalue weighted by Crippen LogP contribution is 2.25. The third-order valence-electron chi connectivity index (χ3n) is 4.98. The molecule has 1 aliphatic heterocycles. The molecule has 0 bridgehead atoms. The summed E-state index contributed by atoms with van der Waals surface area (Å²) >= 11 is 1.43. The Bertz CT molecular complexity index is 869. The van der Waals surface area contributed by atoms with Crippen molar-refractivity contribution >= 4 is 29.0 Å². The molecule has 1 aromatic heterocycles. The lowest BCUT2D eigenvalue weighted by molar-refractivity contribution is -0.151. The van der Waals surface area contributed by atoms with E-state index < -0.39 is 0 Å². The Morgan fingerprint density at radius 1 is 1.17 bits per heavy atom. The maximum absolute atomic E-state index is 12.5. The number of esters is 1. The smallest absolute Gasteiger partial charge is 0.309 e. The highest BCUT2D eigenvalue weighted by atomic mass is 32.1. The molecule has 154 valence electrons. The van der Waals surface area contributed by atoms with E-state index in [1.54, 1.807) is 23.1 Å². The second-order valence-corrected chi connectivity index (χ2v) is 7.91. The molecule has 6 nitrogen and oxygen atoms in total. The first-order valence-electron chi connectivity index (χ1n) is 9.75. The third-order valence-corrected chi connectivity index (χ3v) is 5.84. The quantitative estimate of drug-likeness (QED) is 0.506. The number of likely N-dealkylation sites (tertiary alicyclic amines) is 1. The van der Waals surface area contributed by atoms with Crippen molar-refractivity contribution in [1.29, 1.82) is 0 Å². The SMILES string of the molecule is CCOc1ccc(C(C)=O)cc1COC(=O)C1CCN(C(=O)c2cccs2)CC1. The fourth-order valence-electron chi connectivity index (χ4n) is 3.35. The van der Waals surface area contributed by atoms with Crippen LogP contribution in [0.5, 0.6) is 5.75 Å².